The van der Waals surface area contributed by atoms with E-state index >= 15 is 0 Å². The van der Waals surface area contributed by atoms with Gasteiger partial charge in [-0.3, -0.25) is 0 Å². The minimum absolute atomic E-state index is 0.0854. The molecular formula is C11H13F3N2O. The van der Waals surface area contributed by atoms with E-state index in [0.717, 1.165) is 13.0 Å². The number of nitrogens with two attached hydrogens (primary N) is 1. The van der Waals surface area contributed by atoms with Crippen molar-refractivity contribution in [2.75, 3.05) is 18.0 Å². The van der Waals surface area contributed by atoms with Crippen molar-refractivity contribution in [3.8, 4) is 5.75 Å². The Kier molecular flexibility index (Phi) is 3.15. The maximum absolute atomic E-state index is 12.1. The van der Waals surface area contributed by atoms with Crippen molar-refractivity contribution in [3.05, 3.63) is 24.3 Å². The van der Waals surface area contributed by atoms with Crippen molar-refractivity contribution >= 4 is 5.69 Å². The largest absolute Gasteiger partial charge is 0.573 e. The molecule has 1 saturated heterocycles. The second-order valence-electron chi connectivity index (χ2n) is 4.04. The molecule has 0 bridgehead atoms. The zero-order valence-corrected chi connectivity index (χ0v) is 9.07. The van der Waals surface area contributed by atoms with Gasteiger partial charge in [0.1, 0.15) is 5.75 Å². The van der Waals surface area contributed by atoms with Crippen molar-refractivity contribution < 1.29 is 17.9 Å². The first kappa shape index (κ1) is 12.0. The van der Waals surface area contributed by atoms with Crippen LogP contribution < -0.4 is 15.4 Å². The van der Waals surface area contributed by atoms with Crippen molar-refractivity contribution in [3.63, 3.8) is 0 Å². The van der Waals surface area contributed by atoms with Gasteiger partial charge in [-0.2, -0.15) is 0 Å². The minimum Gasteiger partial charge on any atom is -0.406 e. The number of alkyl halides is 3. The Morgan fingerprint density at radius 2 is 2.12 bits per heavy atom. The summed E-state index contributed by atoms with van der Waals surface area (Å²) in [6.07, 6.45) is -3.80. The van der Waals surface area contributed by atoms with E-state index in [-0.39, 0.29) is 11.8 Å². The summed E-state index contributed by atoms with van der Waals surface area (Å²) >= 11 is 0. The quantitative estimate of drug-likeness (QED) is 0.868. The molecule has 0 unspecified atom stereocenters. The van der Waals surface area contributed by atoms with E-state index in [4.69, 9.17) is 5.73 Å². The number of rotatable bonds is 2. The number of hydrogen-bond donors (Lipinski definition) is 1. The van der Waals surface area contributed by atoms with E-state index in [1.165, 1.54) is 12.1 Å². The molecule has 1 fully saturated rings. The average Bonchev–Trinajstić information content (AvgIpc) is 2.63. The zero-order chi connectivity index (χ0) is 12.5. The second kappa shape index (κ2) is 4.44. The lowest BCUT2D eigenvalue weighted by atomic mass is 10.3. The molecule has 1 aromatic carbocycles. The fourth-order valence-electron chi connectivity index (χ4n) is 1.90. The van der Waals surface area contributed by atoms with E-state index in [9.17, 15) is 13.2 Å². The molecule has 0 aliphatic carbocycles. The van der Waals surface area contributed by atoms with E-state index in [1.807, 2.05) is 4.90 Å². The third-order valence-electron chi connectivity index (χ3n) is 2.64. The molecule has 1 heterocycles. The van der Waals surface area contributed by atoms with Crippen LogP contribution in [0.4, 0.5) is 18.9 Å². The Hall–Kier alpha value is -1.43. The summed E-state index contributed by atoms with van der Waals surface area (Å²) in [5, 5.41) is 0. The molecule has 1 atom stereocenters. The van der Waals surface area contributed by atoms with Crippen molar-refractivity contribution in [1.29, 1.82) is 0 Å². The summed E-state index contributed by atoms with van der Waals surface area (Å²) in [7, 11) is 0. The van der Waals surface area contributed by atoms with Gasteiger partial charge in [-0.15, -0.1) is 13.2 Å². The van der Waals surface area contributed by atoms with Crippen LogP contribution in [0.15, 0.2) is 24.3 Å². The lowest BCUT2D eigenvalue weighted by molar-refractivity contribution is -0.274. The summed E-state index contributed by atoms with van der Waals surface area (Å²) < 4.78 is 40.0. The number of halogens is 3. The molecule has 1 aromatic rings. The van der Waals surface area contributed by atoms with E-state index in [2.05, 4.69) is 4.74 Å². The number of nitrogens with zero attached hydrogens (tertiary/aromatic N) is 1. The van der Waals surface area contributed by atoms with Crippen molar-refractivity contribution in [2.45, 2.75) is 18.8 Å². The highest BCUT2D eigenvalue weighted by Crippen LogP contribution is 2.28. The Balaban J connectivity index is 2.11. The highest BCUT2D eigenvalue weighted by Gasteiger charge is 2.31. The maximum atomic E-state index is 12.1. The van der Waals surface area contributed by atoms with Crippen LogP contribution in [-0.2, 0) is 0 Å². The van der Waals surface area contributed by atoms with Gasteiger partial charge in [-0.05, 0) is 18.6 Å². The fraction of sp³-hybridized carbons (Fsp3) is 0.455. The van der Waals surface area contributed by atoms with Gasteiger partial charge in [-0.25, -0.2) is 0 Å². The molecule has 1 aliphatic rings. The molecule has 3 nitrogen and oxygen atoms in total. The third kappa shape index (κ3) is 3.26. The molecule has 17 heavy (non-hydrogen) atoms. The van der Waals surface area contributed by atoms with E-state index in [0.29, 0.717) is 12.2 Å². The van der Waals surface area contributed by atoms with Crippen molar-refractivity contribution in [1.82, 2.24) is 0 Å². The van der Waals surface area contributed by atoms with Gasteiger partial charge < -0.3 is 15.4 Å². The first-order valence-electron chi connectivity index (χ1n) is 5.30. The van der Waals surface area contributed by atoms with Gasteiger partial charge in [0.15, 0.2) is 0 Å². The fourth-order valence-corrected chi connectivity index (χ4v) is 1.90. The first-order chi connectivity index (χ1) is 7.94. The standard InChI is InChI=1S/C11H13F3N2O/c12-11(13,14)17-10-3-1-2-9(6-10)16-5-4-8(15)7-16/h1-3,6,8H,4-5,7,15H2/t8-/m0/s1. The van der Waals surface area contributed by atoms with Gasteiger partial charge >= 0.3 is 6.36 Å². The van der Waals surface area contributed by atoms with Gasteiger partial charge in [0.25, 0.3) is 0 Å². The molecule has 6 heteroatoms. The Labute approximate surface area is 97.0 Å². The first-order valence-corrected chi connectivity index (χ1v) is 5.30. The minimum atomic E-state index is -4.65. The molecule has 0 spiro atoms. The summed E-state index contributed by atoms with van der Waals surface area (Å²) in [5.74, 6) is -0.199. The molecule has 94 valence electrons. The van der Waals surface area contributed by atoms with Gasteiger partial charge in [0, 0.05) is 30.9 Å². The number of anilines is 1. The van der Waals surface area contributed by atoms with Crippen LogP contribution in [0.25, 0.3) is 0 Å². The topological polar surface area (TPSA) is 38.5 Å². The van der Waals surface area contributed by atoms with Gasteiger partial charge in [0.2, 0.25) is 0 Å². The molecule has 0 amide bonds. The van der Waals surface area contributed by atoms with Crippen LogP contribution in [0.1, 0.15) is 6.42 Å². The Morgan fingerprint density at radius 1 is 1.35 bits per heavy atom. The maximum Gasteiger partial charge on any atom is 0.573 e. The van der Waals surface area contributed by atoms with Crippen LogP contribution in [0.2, 0.25) is 0 Å². The van der Waals surface area contributed by atoms with Crippen LogP contribution in [0, 0.1) is 0 Å². The zero-order valence-electron chi connectivity index (χ0n) is 9.07. The molecule has 2 rings (SSSR count). The third-order valence-corrected chi connectivity index (χ3v) is 2.64. The van der Waals surface area contributed by atoms with Crippen LogP contribution in [-0.4, -0.2) is 25.5 Å². The lowest BCUT2D eigenvalue weighted by Gasteiger charge is -2.19. The monoisotopic (exact) mass is 246 g/mol. The molecule has 0 aromatic heterocycles. The summed E-state index contributed by atoms with van der Waals surface area (Å²) in [6.45, 7) is 1.42. The summed E-state index contributed by atoms with van der Waals surface area (Å²) in [6, 6.07) is 6.04. The predicted molar refractivity (Wildman–Crippen MR) is 57.9 cm³/mol. The smallest absolute Gasteiger partial charge is 0.406 e. The van der Waals surface area contributed by atoms with Gasteiger partial charge in [0.05, 0.1) is 0 Å². The highest BCUT2D eigenvalue weighted by atomic mass is 19.4. The number of ether oxygens (including phenoxy) is 1. The predicted octanol–water partition coefficient (Wildman–Crippen LogP) is 2.12. The summed E-state index contributed by atoms with van der Waals surface area (Å²) in [5.41, 5.74) is 6.46. The van der Waals surface area contributed by atoms with Crippen LogP contribution in [0.5, 0.6) is 5.75 Å². The van der Waals surface area contributed by atoms with Gasteiger partial charge in [-0.1, -0.05) is 6.07 Å². The number of benzene rings is 1. The molecule has 0 radical (unpaired) electrons. The SMILES string of the molecule is N[C@H]1CCN(c2cccc(OC(F)(F)F)c2)C1. The highest BCUT2D eigenvalue weighted by molar-refractivity contribution is 5.51. The molecular weight excluding hydrogens is 233 g/mol. The second-order valence-corrected chi connectivity index (χ2v) is 4.04. The van der Waals surface area contributed by atoms with E-state index in [1.54, 1.807) is 12.1 Å². The Morgan fingerprint density at radius 3 is 2.71 bits per heavy atom. The van der Waals surface area contributed by atoms with E-state index < -0.39 is 6.36 Å². The van der Waals surface area contributed by atoms with Crippen LogP contribution >= 0.6 is 0 Å². The Bertz CT molecular complexity index is 395. The normalized spacial score (nSPS) is 20.7. The molecule has 2 N–H and O–H groups in total. The molecule has 0 saturated carbocycles. The van der Waals surface area contributed by atoms with Crippen molar-refractivity contribution in [2.24, 2.45) is 5.73 Å². The lowest BCUT2D eigenvalue weighted by Crippen LogP contribution is -2.26. The molecule has 1 aliphatic heterocycles. The van der Waals surface area contributed by atoms with Crippen LogP contribution in [0.3, 0.4) is 0 Å². The average molecular weight is 246 g/mol. The number of hydrogen-bond acceptors (Lipinski definition) is 3. The summed E-state index contributed by atoms with van der Waals surface area (Å²) in [4.78, 5) is 1.95.